The topological polar surface area (TPSA) is 48.0 Å². The van der Waals surface area contributed by atoms with Gasteiger partial charge in [-0.3, -0.25) is 0 Å². The van der Waals surface area contributed by atoms with Crippen molar-refractivity contribution in [1.82, 2.24) is 4.98 Å². The second-order valence-electron chi connectivity index (χ2n) is 7.79. The number of H-pyrrole nitrogens is 1. The molecule has 0 radical (unpaired) electrons. The Hall–Kier alpha value is -2.04. The van der Waals surface area contributed by atoms with Crippen LogP contribution in [0.4, 0.5) is 10.1 Å². The number of rotatable bonds is 1. The zero-order valence-corrected chi connectivity index (χ0v) is 16.0. The van der Waals surface area contributed by atoms with Gasteiger partial charge in [-0.25, -0.2) is 4.39 Å². The zero-order chi connectivity index (χ0) is 18.8. The third-order valence-electron chi connectivity index (χ3n) is 5.56. The summed E-state index contributed by atoms with van der Waals surface area (Å²) in [6, 6.07) is 7.05. The Morgan fingerprint density at radius 2 is 1.96 bits per heavy atom. The second kappa shape index (κ2) is 5.73. The molecule has 0 aliphatic carbocycles. The number of aryl methyl sites for hydroxylation is 1. The highest BCUT2D eigenvalue weighted by Crippen LogP contribution is 2.48. The molecular weight excluding hydrogens is 351 g/mol. The molecule has 2 heterocycles. The van der Waals surface area contributed by atoms with Gasteiger partial charge in [0.1, 0.15) is 5.82 Å². The average molecular weight is 373 g/mol. The van der Waals surface area contributed by atoms with E-state index in [0.717, 1.165) is 27.7 Å². The van der Waals surface area contributed by atoms with Gasteiger partial charge in [0.25, 0.3) is 0 Å². The van der Waals surface area contributed by atoms with E-state index in [4.69, 9.17) is 11.6 Å². The molecule has 3 N–H and O–H groups in total. The Morgan fingerprint density at radius 1 is 1.23 bits per heavy atom. The first-order chi connectivity index (χ1) is 12.2. The van der Waals surface area contributed by atoms with E-state index in [2.05, 4.69) is 10.3 Å². The van der Waals surface area contributed by atoms with E-state index in [9.17, 15) is 9.50 Å². The van der Waals surface area contributed by atoms with Crippen molar-refractivity contribution in [1.29, 1.82) is 0 Å². The van der Waals surface area contributed by atoms with Crippen LogP contribution in [0.5, 0.6) is 0 Å². The SMILES string of the molecule is Cc1cc(-c2c(F)ccc3cc[nH]c23)c(Cl)c2c1NC(C)(C)[C@@H](O)[C@@H]2C. The predicted molar refractivity (Wildman–Crippen MR) is 106 cm³/mol. The molecule has 0 spiro atoms. The van der Waals surface area contributed by atoms with E-state index < -0.39 is 11.6 Å². The molecule has 0 saturated carbocycles. The largest absolute Gasteiger partial charge is 0.390 e. The van der Waals surface area contributed by atoms with Gasteiger partial charge < -0.3 is 15.4 Å². The summed E-state index contributed by atoms with van der Waals surface area (Å²) in [4.78, 5) is 3.12. The maximum Gasteiger partial charge on any atom is 0.133 e. The number of aliphatic hydroxyl groups is 1. The molecule has 136 valence electrons. The van der Waals surface area contributed by atoms with Gasteiger partial charge in [-0.05, 0) is 50.6 Å². The summed E-state index contributed by atoms with van der Waals surface area (Å²) in [5.74, 6) is -0.489. The molecule has 1 aliphatic rings. The van der Waals surface area contributed by atoms with Gasteiger partial charge in [0.15, 0.2) is 0 Å². The third kappa shape index (κ3) is 2.36. The van der Waals surface area contributed by atoms with Gasteiger partial charge in [0.2, 0.25) is 0 Å². The predicted octanol–water partition coefficient (Wildman–Crippen LogP) is 5.60. The van der Waals surface area contributed by atoms with E-state index in [1.165, 1.54) is 6.07 Å². The van der Waals surface area contributed by atoms with Crippen molar-refractivity contribution >= 4 is 28.2 Å². The lowest BCUT2D eigenvalue weighted by molar-refractivity contribution is 0.0869. The van der Waals surface area contributed by atoms with E-state index in [1.54, 1.807) is 12.3 Å². The maximum atomic E-state index is 14.8. The molecule has 2 atom stereocenters. The normalized spacial score (nSPS) is 21.5. The minimum Gasteiger partial charge on any atom is -0.390 e. The Labute approximate surface area is 157 Å². The molecule has 0 fully saturated rings. The van der Waals surface area contributed by atoms with Gasteiger partial charge in [0.05, 0.1) is 22.2 Å². The smallest absolute Gasteiger partial charge is 0.133 e. The minimum atomic E-state index is -0.603. The van der Waals surface area contributed by atoms with Gasteiger partial charge >= 0.3 is 0 Å². The number of hydrogen-bond donors (Lipinski definition) is 3. The molecule has 0 saturated heterocycles. The molecule has 0 amide bonds. The fraction of sp³-hybridized carbons (Fsp3) is 0.333. The minimum absolute atomic E-state index is 0.168. The van der Waals surface area contributed by atoms with Crippen molar-refractivity contribution in [3.05, 3.63) is 52.4 Å². The number of anilines is 1. The Balaban J connectivity index is 2.03. The molecule has 0 bridgehead atoms. The van der Waals surface area contributed by atoms with Crippen LogP contribution < -0.4 is 5.32 Å². The molecule has 3 aromatic rings. The number of aromatic nitrogens is 1. The van der Waals surface area contributed by atoms with E-state index >= 15 is 0 Å². The molecule has 1 aromatic heterocycles. The monoisotopic (exact) mass is 372 g/mol. The average Bonchev–Trinajstić information content (AvgIpc) is 3.04. The standard InChI is InChI=1S/C21H22ClFN2O/c1-10-9-13(16-14(23)6-5-12-7-8-24-19(12)16)17(22)15-11(2)20(26)21(3,4)25-18(10)15/h5-9,11,20,24-26H,1-4H3/t11-,20+/m1/s1. The Bertz CT molecular complexity index is 1020. The lowest BCUT2D eigenvalue weighted by atomic mass is 9.77. The summed E-state index contributed by atoms with van der Waals surface area (Å²) in [7, 11) is 0. The van der Waals surface area contributed by atoms with Crippen molar-refractivity contribution in [2.75, 3.05) is 5.32 Å². The number of halogens is 2. The van der Waals surface area contributed by atoms with Crippen LogP contribution in [0.3, 0.4) is 0 Å². The van der Waals surface area contributed by atoms with Crippen molar-refractivity contribution in [2.24, 2.45) is 0 Å². The molecule has 26 heavy (non-hydrogen) atoms. The fourth-order valence-electron chi connectivity index (χ4n) is 4.14. The number of fused-ring (bicyclic) bond motifs is 2. The summed E-state index contributed by atoms with van der Waals surface area (Å²) in [6.07, 6.45) is 1.19. The number of aliphatic hydroxyl groups excluding tert-OH is 1. The number of hydrogen-bond acceptors (Lipinski definition) is 2. The molecule has 4 rings (SSSR count). The highest BCUT2D eigenvalue weighted by atomic mass is 35.5. The molecule has 2 aromatic carbocycles. The number of aromatic amines is 1. The molecule has 3 nitrogen and oxygen atoms in total. The molecular formula is C21H22ClFN2O. The van der Waals surface area contributed by atoms with E-state index in [1.807, 2.05) is 39.8 Å². The third-order valence-corrected chi connectivity index (χ3v) is 5.97. The van der Waals surface area contributed by atoms with Crippen LogP contribution in [-0.2, 0) is 0 Å². The van der Waals surface area contributed by atoms with Crippen LogP contribution in [0.15, 0.2) is 30.5 Å². The van der Waals surface area contributed by atoms with Crippen LogP contribution in [0.1, 0.15) is 37.8 Å². The highest BCUT2D eigenvalue weighted by molar-refractivity contribution is 6.35. The number of nitrogens with one attached hydrogen (secondary N) is 2. The lowest BCUT2D eigenvalue weighted by Crippen LogP contribution is -2.50. The van der Waals surface area contributed by atoms with Crippen molar-refractivity contribution in [3.63, 3.8) is 0 Å². The van der Waals surface area contributed by atoms with Crippen molar-refractivity contribution in [3.8, 4) is 11.1 Å². The first-order valence-corrected chi connectivity index (χ1v) is 9.15. The van der Waals surface area contributed by atoms with Gasteiger partial charge in [-0.1, -0.05) is 18.5 Å². The molecule has 1 aliphatic heterocycles. The van der Waals surface area contributed by atoms with Gasteiger partial charge in [0, 0.05) is 39.9 Å². The van der Waals surface area contributed by atoms with Crippen molar-refractivity contribution in [2.45, 2.75) is 45.3 Å². The summed E-state index contributed by atoms with van der Waals surface area (Å²) in [6.45, 7) is 7.89. The maximum absolute atomic E-state index is 14.8. The van der Waals surface area contributed by atoms with E-state index in [0.29, 0.717) is 16.1 Å². The highest BCUT2D eigenvalue weighted by Gasteiger charge is 2.40. The Morgan fingerprint density at radius 3 is 2.69 bits per heavy atom. The lowest BCUT2D eigenvalue weighted by Gasteiger charge is -2.43. The summed E-state index contributed by atoms with van der Waals surface area (Å²) in [5, 5.41) is 15.6. The molecule has 0 unspecified atom stereocenters. The summed E-state index contributed by atoms with van der Waals surface area (Å²) >= 11 is 6.79. The van der Waals surface area contributed by atoms with E-state index in [-0.39, 0.29) is 11.7 Å². The van der Waals surface area contributed by atoms with Gasteiger partial charge in [-0.15, -0.1) is 0 Å². The summed E-state index contributed by atoms with van der Waals surface area (Å²) in [5.41, 5.74) is 4.13. The van der Waals surface area contributed by atoms with Crippen LogP contribution in [0.2, 0.25) is 5.02 Å². The van der Waals surface area contributed by atoms with Crippen LogP contribution in [-0.4, -0.2) is 21.7 Å². The zero-order valence-electron chi connectivity index (χ0n) is 15.2. The first kappa shape index (κ1) is 17.4. The van der Waals surface area contributed by atoms with Crippen LogP contribution in [0.25, 0.3) is 22.0 Å². The summed E-state index contributed by atoms with van der Waals surface area (Å²) < 4.78 is 14.8. The first-order valence-electron chi connectivity index (χ1n) is 8.77. The van der Waals surface area contributed by atoms with Gasteiger partial charge in [-0.2, -0.15) is 0 Å². The quantitative estimate of drug-likeness (QED) is 0.520. The second-order valence-corrected chi connectivity index (χ2v) is 8.17. The van der Waals surface area contributed by atoms with Crippen molar-refractivity contribution < 1.29 is 9.50 Å². The van der Waals surface area contributed by atoms with Crippen LogP contribution in [0, 0.1) is 12.7 Å². The number of benzene rings is 2. The fourth-order valence-corrected chi connectivity index (χ4v) is 4.56. The Kier molecular flexibility index (Phi) is 3.83. The molecule has 5 heteroatoms. The van der Waals surface area contributed by atoms with Crippen LogP contribution >= 0.6 is 11.6 Å².